The summed E-state index contributed by atoms with van der Waals surface area (Å²) in [6.45, 7) is 2.60. The minimum Gasteiger partial charge on any atom is -0.397 e. The number of methoxy groups -OCH3 is 1. The number of hydrogen-bond donors (Lipinski definition) is 2. The molecule has 0 saturated heterocycles. The van der Waals surface area contributed by atoms with Crippen molar-refractivity contribution in [3.05, 3.63) is 24.3 Å². The van der Waals surface area contributed by atoms with E-state index in [-0.39, 0.29) is 6.54 Å². The van der Waals surface area contributed by atoms with Crippen molar-refractivity contribution in [2.24, 2.45) is 0 Å². The maximum absolute atomic E-state index is 12.1. The summed E-state index contributed by atoms with van der Waals surface area (Å²) in [6, 6.07) is 6.85. The number of benzene rings is 1. The second kappa shape index (κ2) is 6.58. The molecular weight excluding hydrogens is 254 g/mol. The molecule has 6 nitrogen and oxygen atoms in total. The van der Waals surface area contributed by atoms with Gasteiger partial charge in [0, 0.05) is 20.2 Å². The molecule has 0 heterocycles. The Morgan fingerprint density at radius 2 is 2.06 bits per heavy atom. The Balaban J connectivity index is 2.93. The molecule has 0 radical (unpaired) electrons. The fraction of sp³-hybridized carbons (Fsp3) is 0.455. The van der Waals surface area contributed by atoms with E-state index in [1.54, 1.807) is 31.2 Å². The van der Waals surface area contributed by atoms with Crippen LogP contribution in [0.3, 0.4) is 0 Å². The van der Waals surface area contributed by atoms with Gasteiger partial charge >= 0.3 is 10.2 Å². The van der Waals surface area contributed by atoms with E-state index >= 15 is 0 Å². The fourth-order valence-electron chi connectivity index (χ4n) is 1.54. The third-order valence-corrected chi connectivity index (χ3v) is 3.98. The average Bonchev–Trinajstić information content (AvgIpc) is 2.32. The number of para-hydroxylation sites is 2. The Morgan fingerprint density at radius 3 is 2.61 bits per heavy atom. The highest BCUT2D eigenvalue weighted by atomic mass is 32.2. The van der Waals surface area contributed by atoms with Crippen LogP contribution in [-0.4, -0.2) is 35.2 Å². The van der Waals surface area contributed by atoms with Gasteiger partial charge in [-0.2, -0.15) is 13.1 Å². The number of hydrogen-bond acceptors (Lipinski definition) is 4. The van der Waals surface area contributed by atoms with E-state index in [1.807, 2.05) is 0 Å². The van der Waals surface area contributed by atoms with Gasteiger partial charge in [-0.05, 0) is 19.1 Å². The van der Waals surface area contributed by atoms with Crippen LogP contribution < -0.4 is 14.8 Å². The summed E-state index contributed by atoms with van der Waals surface area (Å²) < 4.78 is 32.7. The Bertz CT molecular complexity index is 476. The third kappa shape index (κ3) is 3.59. The maximum atomic E-state index is 12.1. The number of rotatable bonds is 7. The maximum Gasteiger partial charge on any atom is 0.301 e. The monoisotopic (exact) mass is 273 g/mol. The van der Waals surface area contributed by atoms with E-state index < -0.39 is 10.2 Å². The van der Waals surface area contributed by atoms with Crippen LogP contribution in [0, 0.1) is 0 Å². The van der Waals surface area contributed by atoms with Crippen LogP contribution in [0.15, 0.2) is 24.3 Å². The molecule has 0 saturated carbocycles. The van der Waals surface area contributed by atoms with Crippen molar-refractivity contribution in [3.63, 3.8) is 0 Å². The van der Waals surface area contributed by atoms with Gasteiger partial charge in [0.15, 0.2) is 0 Å². The normalized spacial score (nSPS) is 11.4. The summed E-state index contributed by atoms with van der Waals surface area (Å²) in [6.07, 6.45) is 0. The van der Waals surface area contributed by atoms with Crippen molar-refractivity contribution < 1.29 is 13.2 Å². The van der Waals surface area contributed by atoms with Crippen molar-refractivity contribution in [3.8, 4) is 0 Å². The molecule has 0 bridgehead atoms. The molecule has 0 spiro atoms. The van der Waals surface area contributed by atoms with Gasteiger partial charge in [-0.1, -0.05) is 12.1 Å². The van der Waals surface area contributed by atoms with Crippen LogP contribution in [0.2, 0.25) is 0 Å². The van der Waals surface area contributed by atoms with Crippen molar-refractivity contribution in [1.29, 1.82) is 0 Å². The summed E-state index contributed by atoms with van der Waals surface area (Å²) in [5, 5.41) is 0. The van der Waals surface area contributed by atoms with Gasteiger partial charge in [-0.3, -0.25) is 4.31 Å². The number of ether oxygens (including phenoxy) is 1. The van der Waals surface area contributed by atoms with Crippen LogP contribution in [0.4, 0.5) is 11.4 Å². The lowest BCUT2D eigenvalue weighted by atomic mass is 10.3. The van der Waals surface area contributed by atoms with Crippen molar-refractivity contribution in [2.45, 2.75) is 6.92 Å². The highest BCUT2D eigenvalue weighted by molar-refractivity contribution is 7.90. The standard InChI is InChI=1S/C11H19N3O3S/c1-3-14(11-7-5-4-6-10(11)12)18(15,16)13-8-9-17-2/h4-7,13H,3,8-9,12H2,1-2H3. The molecule has 102 valence electrons. The first-order chi connectivity index (χ1) is 8.53. The third-order valence-electron chi connectivity index (χ3n) is 2.37. The quantitative estimate of drug-likeness (QED) is 0.562. The first-order valence-electron chi connectivity index (χ1n) is 5.63. The summed E-state index contributed by atoms with van der Waals surface area (Å²) in [4.78, 5) is 0. The highest BCUT2D eigenvalue weighted by Crippen LogP contribution is 2.24. The van der Waals surface area contributed by atoms with Gasteiger partial charge in [-0.25, -0.2) is 0 Å². The second-order valence-corrected chi connectivity index (χ2v) is 5.30. The largest absolute Gasteiger partial charge is 0.397 e. The smallest absolute Gasteiger partial charge is 0.301 e. The predicted octanol–water partition coefficient (Wildman–Crippen LogP) is 0.576. The zero-order valence-electron chi connectivity index (χ0n) is 10.6. The van der Waals surface area contributed by atoms with Crippen LogP contribution in [0.25, 0.3) is 0 Å². The van der Waals surface area contributed by atoms with E-state index in [4.69, 9.17) is 10.5 Å². The first kappa shape index (κ1) is 14.7. The summed E-state index contributed by atoms with van der Waals surface area (Å²) >= 11 is 0. The van der Waals surface area contributed by atoms with Crippen LogP contribution in [-0.2, 0) is 14.9 Å². The van der Waals surface area contributed by atoms with E-state index in [0.29, 0.717) is 24.5 Å². The molecule has 1 aromatic carbocycles. The molecule has 0 aliphatic rings. The van der Waals surface area contributed by atoms with Crippen molar-refractivity contribution in [1.82, 2.24) is 4.72 Å². The van der Waals surface area contributed by atoms with Gasteiger partial charge in [-0.15, -0.1) is 0 Å². The lowest BCUT2D eigenvalue weighted by Crippen LogP contribution is -2.42. The molecule has 0 aliphatic heterocycles. The molecular formula is C11H19N3O3S. The lowest BCUT2D eigenvalue weighted by Gasteiger charge is -2.24. The topological polar surface area (TPSA) is 84.7 Å². The molecule has 1 aromatic rings. The molecule has 0 aromatic heterocycles. The number of nitrogens with two attached hydrogens (primary N) is 1. The van der Waals surface area contributed by atoms with Gasteiger partial charge in [0.2, 0.25) is 0 Å². The SMILES string of the molecule is CCN(c1ccccc1N)S(=O)(=O)NCCOC. The molecule has 0 atom stereocenters. The Kier molecular flexibility index (Phi) is 5.39. The molecule has 0 amide bonds. The predicted molar refractivity (Wildman–Crippen MR) is 72.7 cm³/mol. The first-order valence-corrected chi connectivity index (χ1v) is 7.07. The van der Waals surface area contributed by atoms with Crippen molar-refractivity contribution >= 4 is 21.6 Å². The van der Waals surface area contributed by atoms with Gasteiger partial charge in [0.1, 0.15) is 0 Å². The second-order valence-electron chi connectivity index (χ2n) is 3.62. The molecule has 0 aliphatic carbocycles. The van der Waals surface area contributed by atoms with Gasteiger partial charge in [0.05, 0.1) is 18.0 Å². The fourth-order valence-corrected chi connectivity index (χ4v) is 2.80. The molecule has 0 fully saturated rings. The van der Waals surface area contributed by atoms with Crippen LogP contribution >= 0.6 is 0 Å². The minimum atomic E-state index is -3.60. The van der Waals surface area contributed by atoms with E-state index in [2.05, 4.69) is 4.72 Å². The Hall–Kier alpha value is -1.31. The van der Waals surface area contributed by atoms with Gasteiger partial charge < -0.3 is 10.5 Å². The zero-order chi connectivity index (χ0) is 13.6. The average molecular weight is 273 g/mol. The molecule has 7 heteroatoms. The van der Waals surface area contributed by atoms with Crippen molar-refractivity contribution in [2.75, 3.05) is 36.8 Å². The van der Waals surface area contributed by atoms with Crippen LogP contribution in [0.5, 0.6) is 0 Å². The molecule has 18 heavy (non-hydrogen) atoms. The van der Waals surface area contributed by atoms with E-state index in [1.165, 1.54) is 11.4 Å². The zero-order valence-corrected chi connectivity index (χ0v) is 11.4. The van der Waals surface area contributed by atoms with E-state index in [0.717, 1.165) is 0 Å². The van der Waals surface area contributed by atoms with E-state index in [9.17, 15) is 8.42 Å². The number of nitrogen functional groups attached to an aromatic ring is 1. The number of nitrogens with zero attached hydrogens (tertiary/aromatic N) is 1. The Labute approximate surface area is 108 Å². The minimum absolute atomic E-state index is 0.224. The summed E-state index contributed by atoms with van der Waals surface area (Å²) in [7, 11) is -2.08. The van der Waals surface area contributed by atoms with Gasteiger partial charge in [0.25, 0.3) is 0 Å². The summed E-state index contributed by atoms with van der Waals surface area (Å²) in [5.74, 6) is 0. The summed E-state index contributed by atoms with van der Waals surface area (Å²) in [5.41, 5.74) is 6.69. The molecule has 1 rings (SSSR count). The Morgan fingerprint density at radius 1 is 1.39 bits per heavy atom. The number of anilines is 2. The highest BCUT2D eigenvalue weighted by Gasteiger charge is 2.21. The molecule has 0 unspecified atom stereocenters. The lowest BCUT2D eigenvalue weighted by molar-refractivity contribution is 0.204. The van der Waals surface area contributed by atoms with Crippen LogP contribution in [0.1, 0.15) is 6.92 Å². The number of nitrogens with one attached hydrogen (secondary N) is 1. The molecule has 3 N–H and O–H groups in total.